The minimum absolute atomic E-state index is 0.0825. The molecule has 0 aliphatic carbocycles. The van der Waals surface area contributed by atoms with Gasteiger partial charge in [0, 0.05) is 19.3 Å². The van der Waals surface area contributed by atoms with Crippen molar-refractivity contribution < 1.29 is 28.6 Å². The lowest BCUT2D eigenvalue weighted by Crippen LogP contribution is -2.30. The quantitative estimate of drug-likeness (QED) is 0.0261. The first-order chi connectivity index (χ1) is 38.5. The van der Waals surface area contributed by atoms with Crippen molar-refractivity contribution in [3.63, 3.8) is 0 Å². The van der Waals surface area contributed by atoms with Crippen LogP contribution >= 0.6 is 0 Å². The molecular formula is C72H122O6. The van der Waals surface area contributed by atoms with Crippen LogP contribution < -0.4 is 0 Å². The highest BCUT2D eigenvalue weighted by Crippen LogP contribution is 2.16. The first-order valence-electron chi connectivity index (χ1n) is 32.9. The summed E-state index contributed by atoms with van der Waals surface area (Å²) in [7, 11) is 0. The van der Waals surface area contributed by atoms with Crippen molar-refractivity contribution in [1.82, 2.24) is 0 Å². The smallest absolute Gasteiger partial charge is 0.306 e. The molecule has 0 aromatic heterocycles. The van der Waals surface area contributed by atoms with Crippen molar-refractivity contribution in [2.24, 2.45) is 0 Å². The summed E-state index contributed by atoms with van der Waals surface area (Å²) in [5.41, 5.74) is 0. The van der Waals surface area contributed by atoms with Gasteiger partial charge < -0.3 is 14.2 Å². The largest absolute Gasteiger partial charge is 0.462 e. The molecule has 78 heavy (non-hydrogen) atoms. The van der Waals surface area contributed by atoms with Crippen LogP contribution in [0.25, 0.3) is 0 Å². The Balaban J connectivity index is 4.34. The summed E-state index contributed by atoms with van der Waals surface area (Å²) in [5, 5.41) is 0. The Labute approximate surface area is 482 Å². The Morgan fingerprint density at radius 3 is 0.782 bits per heavy atom. The first kappa shape index (κ1) is 74.1. The first-order valence-corrected chi connectivity index (χ1v) is 32.9. The standard InChI is InChI=1S/C72H122O6/c1-4-7-10-13-16-19-22-25-28-30-32-33-34-35-36-37-38-39-41-42-44-47-50-53-56-59-62-65-71(74)77-68-69(67-76-70(73)64-61-58-55-52-49-46-27-24-21-18-15-12-9-6-3)78-72(75)66-63-60-57-54-51-48-45-43-40-31-29-26-23-20-17-14-11-8-5-2/h7-8,10-11,16-17,19-20,25-26,28-29,32-33,35-36,40,43,69H,4-6,9,12-15,18,21-24,27,30-31,34,37-39,41-42,44-68H2,1-3H3/b10-7-,11-8-,19-16-,20-17-,28-25-,29-26-,33-32-,36-35-,43-40-. The number of rotatable bonds is 59. The summed E-state index contributed by atoms with van der Waals surface area (Å²) in [5.74, 6) is -0.889. The highest BCUT2D eigenvalue weighted by Gasteiger charge is 2.19. The SMILES string of the molecule is CC/C=C\C/C=C\C/C=C\C/C=C\C/C=C\CCCCCCCCCCCCCC(=O)OCC(COC(=O)CCCCCCCCCCCCCCCC)OC(=O)CCCCCCCC/C=C\C/C=C\C/C=C\C/C=C\CC. The van der Waals surface area contributed by atoms with Crippen LogP contribution in [0.1, 0.15) is 310 Å². The van der Waals surface area contributed by atoms with Crippen LogP contribution in [-0.2, 0) is 28.6 Å². The van der Waals surface area contributed by atoms with Gasteiger partial charge in [0.1, 0.15) is 13.2 Å². The van der Waals surface area contributed by atoms with E-state index in [0.29, 0.717) is 19.3 Å². The van der Waals surface area contributed by atoms with Gasteiger partial charge in [0.05, 0.1) is 0 Å². The average molecular weight is 1080 g/mol. The van der Waals surface area contributed by atoms with E-state index in [1.807, 2.05) is 0 Å². The minimum atomic E-state index is -0.788. The van der Waals surface area contributed by atoms with Crippen LogP contribution in [-0.4, -0.2) is 37.2 Å². The maximum Gasteiger partial charge on any atom is 0.306 e. The normalized spacial score (nSPS) is 12.8. The summed E-state index contributed by atoms with van der Waals surface area (Å²) in [6, 6.07) is 0. The summed E-state index contributed by atoms with van der Waals surface area (Å²) in [4.78, 5) is 38.4. The zero-order valence-corrected chi connectivity index (χ0v) is 51.2. The van der Waals surface area contributed by atoms with E-state index in [0.717, 1.165) is 128 Å². The third-order valence-electron chi connectivity index (χ3n) is 14.0. The molecule has 0 N–H and O–H groups in total. The predicted octanol–water partition coefficient (Wildman–Crippen LogP) is 22.6. The number of ether oxygens (including phenoxy) is 3. The van der Waals surface area contributed by atoms with E-state index in [2.05, 4.69) is 130 Å². The fraction of sp³-hybridized carbons (Fsp3) is 0.708. The van der Waals surface area contributed by atoms with Crippen LogP contribution in [0.5, 0.6) is 0 Å². The summed E-state index contributed by atoms with van der Waals surface area (Å²) < 4.78 is 16.9. The number of carbonyl (C=O) groups is 3. The van der Waals surface area contributed by atoms with Crippen LogP contribution in [0.4, 0.5) is 0 Å². The zero-order chi connectivity index (χ0) is 56.4. The van der Waals surface area contributed by atoms with Crippen LogP contribution in [0.3, 0.4) is 0 Å². The number of esters is 3. The molecule has 0 spiro atoms. The third-order valence-corrected chi connectivity index (χ3v) is 14.0. The van der Waals surface area contributed by atoms with E-state index in [9.17, 15) is 14.4 Å². The molecule has 0 saturated heterocycles. The van der Waals surface area contributed by atoms with Crippen molar-refractivity contribution in [1.29, 1.82) is 0 Å². The lowest BCUT2D eigenvalue weighted by atomic mass is 10.0. The second-order valence-electron chi connectivity index (χ2n) is 21.6. The number of allylic oxidation sites excluding steroid dienone is 18. The van der Waals surface area contributed by atoms with E-state index >= 15 is 0 Å². The molecule has 1 unspecified atom stereocenters. The molecule has 0 radical (unpaired) electrons. The minimum Gasteiger partial charge on any atom is -0.462 e. The summed E-state index contributed by atoms with van der Waals surface area (Å²) >= 11 is 0. The van der Waals surface area contributed by atoms with Crippen molar-refractivity contribution in [2.75, 3.05) is 13.2 Å². The van der Waals surface area contributed by atoms with Gasteiger partial charge in [-0.1, -0.05) is 297 Å². The van der Waals surface area contributed by atoms with E-state index in [4.69, 9.17) is 14.2 Å². The highest BCUT2D eigenvalue weighted by atomic mass is 16.6. The van der Waals surface area contributed by atoms with E-state index < -0.39 is 6.10 Å². The molecule has 0 aliphatic rings. The highest BCUT2D eigenvalue weighted by molar-refractivity contribution is 5.71. The third kappa shape index (κ3) is 62.9. The molecule has 0 aromatic carbocycles. The molecule has 0 bridgehead atoms. The summed E-state index contributed by atoms with van der Waals surface area (Å²) in [6.07, 6.45) is 89.5. The van der Waals surface area contributed by atoms with Gasteiger partial charge in [-0.05, 0) is 103 Å². The van der Waals surface area contributed by atoms with Gasteiger partial charge in [-0.2, -0.15) is 0 Å². The lowest BCUT2D eigenvalue weighted by molar-refractivity contribution is -0.167. The second-order valence-corrected chi connectivity index (χ2v) is 21.6. The van der Waals surface area contributed by atoms with E-state index in [-0.39, 0.29) is 31.1 Å². The summed E-state index contributed by atoms with van der Waals surface area (Å²) in [6.45, 7) is 6.43. The number of hydrogen-bond acceptors (Lipinski definition) is 6. The Morgan fingerprint density at radius 2 is 0.500 bits per heavy atom. The topological polar surface area (TPSA) is 78.9 Å². The Hall–Kier alpha value is -3.93. The van der Waals surface area contributed by atoms with E-state index in [1.165, 1.54) is 141 Å². The second kappa shape index (κ2) is 65.6. The molecule has 0 fully saturated rings. The Morgan fingerprint density at radius 1 is 0.269 bits per heavy atom. The van der Waals surface area contributed by atoms with Gasteiger partial charge in [-0.25, -0.2) is 0 Å². The van der Waals surface area contributed by atoms with Gasteiger partial charge in [0.2, 0.25) is 0 Å². The fourth-order valence-electron chi connectivity index (χ4n) is 9.17. The van der Waals surface area contributed by atoms with Gasteiger partial charge >= 0.3 is 17.9 Å². The van der Waals surface area contributed by atoms with Gasteiger partial charge in [-0.3, -0.25) is 14.4 Å². The molecule has 1 atom stereocenters. The molecule has 0 heterocycles. The van der Waals surface area contributed by atoms with Gasteiger partial charge in [0.25, 0.3) is 0 Å². The predicted molar refractivity (Wildman–Crippen MR) is 339 cm³/mol. The maximum atomic E-state index is 12.9. The molecule has 0 rings (SSSR count). The molecule has 6 nitrogen and oxygen atoms in total. The van der Waals surface area contributed by atoms with Crippen molar-refractivity contribution in [3.05, 3.63) is 109 Å². The number of hydrogen-bond donors (Lipinski definition) is 0. The maximum absolute atomic E-state index is 12.9. The molecule has 0 saturated carbocycles. The molecule has 0 aliphatic heterocycles. The van der Waals surface area contributed by atoms with Crippen LogP contribution in [0.15, 0.2) is 109 Å². The van der Waals surface area contributed by atoms with Gasteiger partial charge in [-0.15, -0.1) is 0 Å². The molecule has 0 amide bonds. The lowest BCUT2D eigenvalue weighted by Gasteiger charge is -2.18. The van der Waals surface area contributed by atoms with Crippen molar-refractivity contribution in [3.8, 4) is 0 Å². The van der Waals surface area contributed by atoms with Crippen LogP contribution in [0, 0.1) is 0 Å². The van der Waals surface area contributed by atoms with Crippen LogP contribution in [0.2, 0.25) is 0 Å². The fourth-order valence-corrected chi connectivity index (χ4v) is 9.17. The van der Waals surface area contributed by atoms with Crippen molar-refractivity contribution in [2.45, 2.75) is 316 Å². The molecule has 0 aromatic rings. The molecular weight excluding hydrogens is 961 g/mol. The number of unbranched alkanes of at least 4 members (excludes halogenated alkanes) is 30. The average Bonchev–Trinajstić information content (AvgIpc) is 3.44. The molecule has 446 valence electrons. The van der Waals surface area contributed by atoms with E-state index in [1.54, 1.807) is 0 Å². The van der Waals surface area contributed by atoms with Gasteiger partial charge in [0.15, 0.2) is 6.10 Å². The van der Waals surface area contributed by atoms with Crippen molar-refractivity contribution >= 4 is 17.9 Å². The monoisotopic (exact) mass is 1080 g/mol. The zero-order valence-electron chi connectivity index (χ0n) is 51.2. The Bertz CT molecular complexity index is 1570. The molecule has 6 heteroatoms. The number of carbonyl (C=O) groups excluding carboxylic acids is 3. The Kier molecular flexibility index (Phi) is 62.3.